The molecule has 0 aliphatic rings. The molecule has 0 amide bonds. The number of allylic oxidation sites excluding steroid dienone is 16. The van der Waals surface area contributed by atoms with Crippen LogP contribution in [0.3, 0.4) is 0 Å². The fourth-order valence-corrected chi connectivity index (χ4v) is 10.3. The van der Waals surface area contributed by atoms with Gasteiger partial charge in [-0.1, -0.05) is 191 Å². The van der Waals surface area contributed by atoms with Crippen molar-refractivity contribution in [3.05, 3.63) is 181 Å². The molecule has 94 heavy (non-hydrogen) atoms. The number of hydrogen-bond acceptors (Lipinski definition) is 19. The maximum absolute atomic E-state index is 12.1. The molecule has 20 N–H and O–H groups in total. The van der Waals surface area contributed by atoms with Crippen molar-refractivity contribution in [3.63, 3.8) is 0 Å². The van der Waals surface area contributed by atoms with Crippen molar-refractivity contribution >= 4 is 22.3 Å². The van der Waals surface area contributed by atoms with Crippen LogP contribution in [-0.2, 0) is 25.9 Å². The zero-order valence-corrected chi connectivity index (χ0v) is 55.5. The van der Waals surface area contributed by atoms with Crippen LogP contribution in [0.5, 0.6) is 0 Å². The number of rotatable bonds is 51. The molecule has 530 valence electrons. The molecule has 0 saturated carbocycles. The Morgan fingerprint density at radius 1 is 0.553 bits per heavy atom. The number of hydrogen-bond donors (Lipinski definition) is 18. The molecule has 0 radical (unpaired) electrons. The quantitative estimate of drug-likeness (QED) is 0.00791. The first-order valence-corrected chi connectivity index (χ1v) is 33.4. The van der Waals surface area contributed by atoms with Gasteiger partial charge in [-0.05, 0) is 82.6 Å². The van der Waals surface area contributed by atoms with Gasteiger partial charge >= 0.3 is 16.4 Å². The summed E-state index contributed by atoms with van der Waals surface area (Å²) >= 11 is 0. The highest BCUT2D eigenvalue weighted by Gasteiger charge is 2.32. The van der Waals surface area contributed by atoms with Crippen LogP contribution in [0.2, 0.25) is 0 Å². The van der Waals surface area contributed by atoms with Crippen molar-refractivity contribution in [1.29, 1.82) is 0 Å². The number of aliphatic hydroxyl groups excluding tert-OH is 13. The van der Waals surface area contributed by atoms with Crippen molar-refractivity contribution in [2.45, 2.75) is 216 Å². The maximum Gasteiger partial charge on any atom is 0.397 e. The third-order valence-electron chi connectivity index (χ3n) is 15.3. The lowest BCUT2D eigenvalue weighted by molar-refractivity contribution is -0.132. The molecule has 0 saturated heterocycles. The Labute approximate surface area is 556 Å². The van der Waals surface area contributed by atoms with Gasteiger partial charge in [0.05, 0.1) is 79.4 Å². The summed E-state index contributed by atoms with van der Waals surface area (Å²) in [5, 5.41) is 149. The summed E-state index contributed by atoms with van der Waals surface area (Å²) in [4.78, 5) is 14.6. The van der Waals surface area contributed by atoms with E-state index in [1.807, 2.05) is 61.6 Å². The highest BCUT2D eigenvalue weighted by atomic mass is 32.3. The Balaban J connectivity index is 2.73. The van der Waals surface area contributed by atoms with Crippen LogP contribution >= 0.6 is 0 Å². The summed E-state index contributed by atoms with van der Waals surface area (Å²) in [7, 11) is -4.91. The molecule has 0 aliphatic carbocycles. The number of aliphatic hydroxyl groups is 13. The molecule has 0 bridgehead atoms. The van der Waals surface area contributed by atoms with Gasteiger partial charge in [0.25, 0.3) is 0 Å². The molecular weight excluding hydrogens is 1230 g/mol. The van der Waals surface area contributed by atoms with Crippen molar-refractivity contribution in [2.24, 2.45) is 34.2 Å². The van der Waals surface area contributed by atoms with Crippen LogP contribution in [-0.4, -0.2) is 194 Å². The summed E-state index contributed by atoms with van der Waals surface area (Å²) in [6.07, 6.45) is 23.6. The van der Waals surface area contributed by atoms with Crippen molar-refractivity contribution in [1.82, 2.24) is 5.32 Å². The fraction of sp³-hybridized carbons (Fsp3) is 0.543. The van der Waals surface area contributed by atoms with Gasteiger partial charge in [0.15, 0.2) is 5.96 Å². The molecule has 0 aliphatic heterocycles. The minimum Gasteiger partial charge on any atom is -0.478 e. The molecule has 0 heterocycles. The van der Waals surface area contributed by atoms with Gasteiger partial charge in [0.1, 0.15) is 6.10 Å². The number of guanidine groups is 1. The van der Waals surface area contributed by atoms with Crippen LogP contribution in [0.25, 0.3) is 0 Å². The SMILES string of the molecule is CC(=CC=CC=CCCC=CC(C)C(O)C(C)C(O)C=CC=CC=CC=CC=CC=CCC(OS(=O)(=O)O)C(C)C(CC(O)CC(O)C=CCC(O)CC(O)CC(O)C=CCC(O)CC(O)C(O)C(O)CC(O)CC(O)CCCN=C(N)N)NCc1ccccc1)C(=O)O. The molecule has 0 aromatic heterocycles. The number of nitrogens with one attached hydrogen (secondary N) is 1. The highest BCUT2D eigenvalue weighted by molar-refractivity contribution is 7.80. The van der Waals surface area contributed by atoms with E-state index in [1.165, 1.54) is 37.3 Å². The molecule has 1 rings (SSSR count). The molecule has 18 unspecified atom stereocenters. The number of carboxylic acids is 1. The first-order chi connectivity index (χ1) is 44.5. The second-order valence-corrected chi connectivity index (χ2v) is 24.8. The Kier molecular flexibility index (Phi) is 46.3. The van der Waals surface area contributed by atoms with E-state index in [0.29, 0.717) is 19.5 Å². The van der Waals surface area contributed by atoms with Crippen LogP contribution in [0.4, 0.5) is 0 Å². The molecule has 0 fully saturated rings. The average Bonchev–Trinajstić information content (AvgIpc) is 1.13. The van der Waals surface area contributed by atoms with Gasteiger partial charge in [0, 0.05) is 62.2 Å². The van der Waals surface area contributed by atoms with E-state index in [9.17, 15) is 84.1 Å². The number of unbranched alkanes of at least 4 members (excludes halogenated alkanes) is 1. The van der Waals surface area contributed by atoms with Gasteiger partial charge in [-0.25, -0.2) is 8.98 Å². The van der Waals surface area contributed by atoms with E-state index in [2.05, 4.69) is 10.3 Å². The molecule has 1 aromatic rings. The largest absolute Gasteiger partial charge is 0.478 e. The summed E-state index contributed by atoms with van der Waals surface area (Å²) in [5.41, 5.74) is 11.7. The zero-order valence-electron chi connectivity index (χ0n) is 54.7. The second-order valence-electron chi connectivity index (χ2n) is 23.8. The lowest BCUT2D eigenvalue weighted by Gasteiger charge is -2.32. The Morgan fingerprint density at radius 2 is 1.05 bits per heavy atom. The first-order valence-electron chi connectivity index (χ1n) is 32.1. The van der Waals surface area contributed by atoms with E-state index in [0.717, 1.165) is 18.4 Å². The molecular formula is C70H110N4O19S. The topological polar surface area (TPSA) is 440 Å². The normalized spacial score (nSPS) is 19.2. The number of carbonyl (C=O) groups is 1. The van der Waals surface area contributed by atoms with E-state index >= 15 is 0 Å². The van der Waals surface area contributed by atoms with Crippen LogP contribution in [0, 0.1) is 17.8 Å². The summed E-state index contributed by atoms with van der Waals surface area (Å²) < 4.78 is 39.2. The van der Waals surface area contributed by atoms with Gasteiger partial charge in [-0.3, -0.25) is 9.55 Å². The fourth-order valence-electron chi connectivity index (χ4n) is 9.70. The second kappa shape index (κ2) is 50.5. The highest BCUT2D eigenvalue weighted by Crippen LogP contribution is 2.25. The monoisotopic (exact) mass is 1340 g/mol. The number of benzene rings is 1. The van der Waals surface area contributed by atoms with Crippen LogP contribution in [0.1, 0.15) is 123 Å². The van der Waals surface area contributed by atoms with Gasteiger partial charge < -0.3 is 88.3 Å². The predicted molar refractivity (Wildman–Crippen MR) is 366 cm³/mol. The van der Waals surface area contributed by atoms with Crippen molar-refractivity contribution < 1.29 is 93.4 Å². The zero-order chi connectivity index (χ0) is 70.4. The minimum atomic E-state index is -4.91. The van der Waals surface area contributed by atoms with Crippen molar-refractivity contribution in [3.8, 4) is 0 Å². The summed E-state index contributed by atoms with van der Waals surface area (Å²) in [5.74, 6) is -2.28. The molecule has 24 heteroatoms. The van der Waals surface area contributed by atoms with Crippen LogP contribution in [0.15, 0.2) is 181 Å². The van der Waals surface area contributed by atoms with E-state index < -0.39 is 120 Å². The number of aliphatic carboxylic acids is 1. The maximum atomic E-state index is 12.1. The summed E-state index contributed by atoms with van der Waals surface area (Å²) in [6.45, 7) is 7.54. The van der Waals surface area contributed by atoms with E-state index in [4.69, 9.17) is 20.8 Å². The van der Waals surface area contributed by atoms with Gasteiger partial charge in [0.2, 0.25) is 0 Å². The first kappa shape index (κ1) is 86.2. The Hall–Kier alpha value is -5.85. The standard InChI is InChI=1S/C70H110N4O19S/c1-49(29-20-15-11-10-12-16-21-30-50(2)69(88)89)67(86)52(4)63(83)38-24-17-13-8-6-5-7-9-14-18-25-39-66(93-94(90,91)92)51(3)62(74-48-53-31-22-19-23-32-53)45-60(81)43-56(77)34-26-33-54(75)41-59(80)42-55(76)35-27-36-58(79)46-64(84)68(87)65(85)47-61(82)44-57(78)37-28-40-73-70(71)72/h5-10,12-14,16-27,29-32,34-35,38,49,51-52,54-68,74-87H,11,15,28,33,36-37,39-48H2,1-4H3,(H,88,89)(H4,71,72,73)(H,90,91,92). The predicted octanol–water partition coefficient (Wildman–Crippen LogP) is 4.82. The van der Waals surface area contributed by atoms with Crippen molar-refractivity contribution in [2.75, 3.05) is 6.54 Å². The number of nitrogens with zero attached hydrogens (tertiary/aromatic N) is 1. The number of nitrogens with two attached hydrogens (primary N) is 2. The smallest absolute Gasteiger partial charge is 0.397 e. The van der Waals surface area contributed by atoms with Crippen LogP contribution < -0.4 is 16.8 Å². The molecule has 0 spiro atoms. The molecule has 23 nitrogen and oxygen atoms in total. The lowest BCUT2D eigenvalue weighted by Crippen LogP contribution is -2.44. The Morgan fingerprint density at radius 3 is 1.63 bits per heavy atom. The molecule has 18 atom stereocenters. The van der Waals surface area contributed by atoms with Gasteiger partial charge in [-0.2, -0.15) is 8.42 Å². The Bertz CT molecular complexity index is 2730. The van der Waals surface area contributed by atoms with E-state index in [1.54, 1.807) is 98.9 Å². The number of carboxylic acid groups (broad SMARTS) is 1. The minimum absolute atomic E-state index is 0.00997. The summed E-state index contributed by atoms with van der Waals surface area (Å²) in [6, 6.07) is 8.75. The van der Waals surface area contributed by atoms with Gasteiger partial charge in [-0.15, -0.1) is 0 Å². The van der Waals surface area contributed by atoms with E-state index in [-0.39, 0.29) is 88.1 Å². The average molecular weight is 1340 g/mol. The number of aliphatic imine (C=N–C) groups is 1. The third kappa shape index (κ3) is 44.0. The molecule has 1 aromatic carbocycles. The third-order valence-corrected chi connectivity index (χ3v) is 15.8. The lowest BCUT2D eigenvalue weighted by atomic mass is 9.88.